The summed E-state index contributed by atoms with van der Waals surface area (Å²) in [5.74, 6) is -2.01. The van der Waals surface area contributed by atoms with Gasteiger partial charge in [0.15, 0.2) is 0 Å². The van der Waals surface area contributed by atoms with Crippen LogP contribution in [0.5, 0.6) is 0 Å². The average molecular weight is 795 g/mol. The molecule has 308 valence electrons. The van der Waals surface area contributed by atoms with Crippen LogP contribution < -0.4 is 16.0 Å². The van der Waals surface area contributed by atoms with Gasteiger partial charge in [-0.15, -0.1) is 0 Å². The molecule has 4 atom stereocenters. The first-order valence-corrected chi connectivity index (χ1v) is 20.4. The first kappa shape index (κ1) is 41.9. The highest BCUT2D eigenvalue weighted by atomic mass is 16.6. The molecule has 0 spiro atoms. The van der Waals surface area contributed by atoms with Crippen LogP contribution in [-0.4, -0.2) is 91.0 Å². The number of hydrogen-bond donors (Lipinski definition) is 4. The van der Waals surface area contributed by atoms with Gasteiger partial charge in [0.05, 0.1) is 24.6 Å². The molecule has 2 aliphatic heterocycles. The number of aliphatic hydroxyl groups is 1. The van der Waals surface area contributed by atoms with Crippen LogP contribution >= 0.6 is 0 Å². The number of alkyl carbamates (subject to hydrolysis) is 2. The van der Waals surface area contributed by atoms with Crippen LogP contribution in [0.1, 0.15) is 80.4 Å². The van der Waals surface area contributed by atoms with Crippen molar-refractivity contribution in [3.05, 3.63) is 108 Å². The number of cyclic esters (lactones) is 1. The Labute approximate surface area is 339 Å². The Hall–Kier alpha value is -5.69. The summed E-state index contributed by atoms with van der Waals surface area (Å²) in [4.78, 5) is 67.8. The molecular formula is C45H54N4O9. The van der Waals surface area contributed by atoms with Crippen molar-refractivity contribution in [2.45, 2.75) is 88.4 Å². The molecule has 0 radical (unpaired) electrons. The van der Waals surface area contributed by atoms with E-state index in [0.717, 1.165) is 40.7 Å². The first-order chi connectivity index (χ1) is 28.3. The van der Waals surface area contributed by atoms with Crippen LogP contribution in [0.25, 0.3) is 11.1 Å². The zero-order valence-electron chi connectivity index (χ0n) is 32.8. The molecule has 0 saturated carbocycles. The molecule has 13 heteroatoms. The van der Waals surface area contributed by atoms with E-state index in [9.17, 15) is 29.1 Å². The Kier molecular flexibility index (Phi) is 15.3. The molecule has 0 aromatic heterocycles. The Morgan fingerprint density at radius 2 is 1.59 bits per heavy atom. The number of esters is 1. The quantitative estimate of drug-likeness (QED) is 0.0728. The van der Waals surface area contributed by atoms with E-state index in [0.29, 0.717) is 38.8 Å². The van der Waals surface area contributed by atoms with Gasteiger partial charge in [0, 0.05) is 25.4 Å². The van der Waals surface area contributed by atoms with Gasteiger partial charge >= 0.3 is 18.2 Å². The minimum atomic E-state index is -1.01. The van der Waals surface area contributed by atoms with E-state index in [1.54, 1.807) is 4.90 Å². The standard InChI is InChI=1S/C45H54N4O9/c50-27-34-18-13-25-49(34)41(51)26-32-16-5-2-6-23-40(48-45(55)58-30-39-37-21-9-7-19-35(37)36-20-8-10-22-38(36)39)43(53)56-29-33(47-42(32)52)17-11-12-24-46-44(54)57-28-31-14-3-1-4-15-31/h1-5,7-10,14-15,19-22,32-34,39-40,50H,6,11-13,16-18,23-30H2,(H,46,54)(H,47,52)(H,48,55)/t32-,33+,34+,40+/m1/s1. The highest BCUT2D eigenvalue weighted by molar-refractivity contribution is 5.86. The fourth-order valence-corrected chi connectivity index (χ4v) is 7.92. The molecule has 4 N–H and O–H groups in total. The van der Waals surface area contributed by atoms with Gasteiger partial charge in [0.1, 0.15) is 25.9 Å². The number of nitrogens with one attached hydrogen (secondary N) is 3. The maximum absolute atomic E-state index is 13.8. The van der Waals surface area contributed by atoms with Crippen molar-refractivity contribution in [2.75, 3.05) is 32.9 Å². The maximum atomic E-state index is 13.8. The lowest BCUT2D eigenvalue weighted by molar-refractivity contribution is -0.147. The third kappa shape index (κ3) is 11.5. The summed E-state index contributed by atoms with van der Waals surface area (Å²) in [5, 5.41) is 18.3. The molecule has 0 unspecified atom stereocenters. The van der Waals surface area contributed by atoms with Crippen LogP contribution in [0.15, 0.2) is 91.0 Å². The Morgan fingerprint density at radius 1 is 0.862 bits per heavy atom. The molecule has 58 heavy (non-hydrogen) atoms. The van der Waals surface area contributed by atoms with Crippen molar-refractivity contribution in [3.8, 4) is 11.1 Å². The number of unbranched alkanes of at least 4 members (excludes halogenated alkanes) is 1. The zero-order valence-corrected chi connectivity index (χ0v) is 32.8. The van der Waals surface area contributed by atoms with Crippen LogP contribution in [0.3, 0.4) is 0 Å². The summed E-state index contributed by atoms with van der Waals surface area (Å²) >= 11 is 0. The van der Waals surface area contributed by atoms with Crippen LogP contribution in [0.4, 0.5) is 9.59 Å². The second kappa shape index (κ2) is 21.2. The first-order valence-electron chi connectivity index (χ1n) is 20.4. The van der Waals surface area contributed by atoms with Gasteiger partial charge < -0.3 is 40.2 Å². The van der Waals surface area contributed by atoms with Gasteiger partial charge in [-0.3, -0.25) is 9.59 Å². The largest absolute Gasteiger partial charge is 0.462 e. The predicted molar refractivity (Wildman–Crippen MR) is 216 cm³/mol. The molecule has 6 rings (SSSR count). The SMILES string of the molecule is O=C(NCCCC[C@H]1COC(=O)[C@@H](NC(=O)OCC2c3ccccc3-c3ccccc32)CCC=CC[C@H](CC(=O)N2CCC[C@H]2CO)C(=O)N1)OCc1ccccc1. The van der Waals surface area contributed by atoms with Gasteiger partial charge in [-0.2, -0.15) is 0 Å². The smallest absolute Gasteiger partial charge is 0.407 e. The Balaban J connectivity index is 1.06. The third-order valence-electron chi connectivity index (χ3n) is 11.1. The molecule has 0 bridgehead atoms. The second-order valence-corrected chi connectivity index (χ2v) is 15.1. The third-order valence-corrected chi connectivity index (χ3v) is 11.1. The summed E-state index contributed by atoms with van der Waals surface area (Å²) in [6, 6.07) is 23.6. The number of fused-ring (bicyclic) bond motifs is 3. The van der Waals surface area contributed by atoms with Crippen LogP contribution in [-0.2, 0) is 35.2 Å². The molecule has 3 aromatic rings. The topological polar surface area (TPSA) is 173 Å². The Morgan fingerprint density at radius 3 is 2.33 bits per heavy atom. The van der Waals surface area contributed by atoms with E-state index >= 15 is 0 Å². The summed E-state index contributed by atoms with van der Waals surface area (Å²) in [5.41, 5.74) is 5.23. The van der Waals surface area contributed by atoms with E-state index in [1.165, 1.54) is 0 Å². The monoisotopic (exact) mass is 794 g/mol. The van der Waals surface area contributed by atoms with E-state index in [2.05, 4.69) is 28.1 Å². The average Bonchev–Trinajstić information content (AvgIpc) is 3.86. The number of ether oxygens (including phenoxy) is 3. The van der Waals surface area contributed by atoms with E-state index in [4.69, 9.17) is 14.2 Å². The lowest BCUT2D eigenvalue weighted by atomic mass is 9.97. The van der Waals surface area contributed by atoms with Gasteiger partial charge in [0.2, 0.25) is 11.8 Å². The molecule has 3 aliphatic rings. The molecular weight excluding hydrogens is 741 g/mol. The van der Waals surface area contributed by atoms with Crippen molar-refractivity contribution in [3.63, 3.8) is 0 Å². The summed E-state index contributed by atoms with van der Waals surface area (Å²) in [6.45, 7) is 0.836. The number of hydrogen-bond acceptors (Lipinski definition) is 9. The predicted octanol–water partition coefficient (Wildman–Crippen LogP) is 5.75. The lowest BCUT2D eigenvalue weighted by Gasteiger charge is -2.26. The van der Waals surface area contributed by atoms with E-state index in [1.807, 2.05) is 78.9 Å². The van der Waals surface area contributed by atoms with Crippen molar-refractivity contribution < 1.29 is 43.3 Å². The summed E-state index contributed by atoms with van der Waals surface area (Å²) < 4.78 is 16.8. The van der Waals surface area contributed by atoms with Gasteiger partial charge in [-0.25, -0.2) is 14.4 Å². The summed E-state index contributed by atoms with van der Waals surface area (Å²) in [7, 11) is 0. The normalized spacial score (nSPS) is 20.9. The van der Waals surface area contributed by atoms with E-state index < -0.39 is 36.2 Å². The highest BCUT2D eigenvalue weighted by Crippen LogP contribution is 2.44. The van der Waals surface area contributed by atoms with E-state index in [-0.39, 0.29) is 69.5 Å². The minimum Gasteiger partial charge on any atom is -0.462 e. The second-order valence-electron chi connectivity index (χ2n) is 15.1. The van der Waals surface area contributed by atoms with Gasteiger partial charge in [-0.05, 0) is 79.2 Å². The van der Waals surface area contributed by atoms with Crippen molar-refractivity contribution in [2.24, 2.45) is 5.92 Å². The van der Waals surface area contributed by atoms with Crippen molar-refractivity contribution >= 4 is 30.0 Å². The number of allylic oxidation sites excluding steroid dienone is 2. The van der Waals surface area contributed by atoms with Gasteiger partial charge in [-0.1, -0.05) is 91.0 Å². The lowest BCUT2D eigenvalue weighted by Crippen LogP contribution is -2.46. The van der Waals surface area contributed by atoms with Gasteiger partial charge in [0.25, 0.3) is 0 Å². The molecule has 1 saturated heterocycles. The minimum absolute atomic E-state index is 0.0276. The van der Waals surface area contributed by atoms with Crippen molar-refractivity contribution in [1.29, 1.82) is 0 Å². The fraction of sp³-hybridized carbons (Fsp3) is 0.444. The highest BCUT2D eigenvalue weighted by Gasteiger charge is 2.33. The number of benzene rings is 3. The molecule has 4 amide bonds. The summed E-state index contributed by atoms with van der Waals surface area (Å²) in [6.07, 6.45) is 6.34. The number of carbonyl (C=O) groups excluding carboxylic acids is 5. The fourth-order valence-electron chi connectivity index (χ4n) is 7.92. The zero-order chi connectivity index (χ0) is 40.7. The molecule has 13 nitrogen and oxygen atoms in total. The van der Waals surface area contributed by atoms with Crippen LogP contribution in [0, 0.1) is 5.92 Å². The number of nitrogens with zero attached hydrogens (tertiary/aromatic N) is 1. The number of carbonyl (C=O) groups is 5. The molecule has 2 heterocycles. The maximum Gasteiger partial charge on any atom is 0.407 e. The molecule has 1 aliphatic carbocycles. The van der Waals surface area contributed by atoms with Crippen LogP contribution in [0.2, 0.25) is 0 Å². The number of aliphatic hydroxyl groups excluding tert-OH is 1. The Bertz CT molecular complexity index is 1860. The number of amides is 4. The molecule has 1 fully saturated rings. The molecule has 3 aromatic carbocycles. The number of likely N-dealkylation sites (tertiary alicyclic amines) is 1. The van der Waals surface area contributed by atoms with Crippen molar-refractivity contribution in [1.82, 2.24) is 20.9 Å². The number of rotatable bonds is 13.